The van der Waals surface area contributed by atoms with E-state index in [0.29, 0.717) is 28.8 Å². The fraction of sp³-hybridized carbons (Fsp3) is 0.0769. The van der Waals surface area contributed by atoms with Crippen molar-refractivity contribution in [1.82, 2.24) is 20.0 Å². The number of hydrogen-bond donors (Lipinski definition) is 1. The molecule has 3 amide bonds. The number of hydrogen-bond acceptors (Lipinski definition) is 4. The SMILES string of the molecule is O=C(NCc1cccc(-n2cccn2)c1)c1cccc(CN2C(=O)c3ccccc3C2=O)c1. The first-order chi connectivity index (χ1) is 16.1. The number of carbonyl (C=O) groups is 3. The first-order valence-corrected chi connectivity index (χ1v) is 10.5. The van der Waals surface area contributed by atoms with Crippen molar-refractivity contribution in [1.29, 1.82) is 0 Å². The Labute approximate surface area is 190 Å². The second kappa shape index (κ2) is 8.55. The summed E-state index contributed by atoms with van der Waals surface area (Å²) in [6.45, 7) is 0.468. The van der Waals surface area contributed by atoms with Crippen molar-refractivity contribution < 1.29 is 14.4 Å². The van der Waals surface area contributed by atoms with Gasteiger partial charge in [0.25, 0.3) is 17.7 Å². The Hall–Kier alpha value is -4.52. The van der Waals surface area contributed by atoms with Crippen LogP contribution < -0.4 is 5.32 Å². The van der Waals surface area contributed by atoms with Crippen molar-refractivity contribution in [3.05, 3.63) is 119 Å². The first-order valence-electron chi connectivity index (χ1n) is 10.5. The summed E-state index contributed by atoms with van der Waals surface area (Å²) in [4.78, 5) is 39.2. The average molecular weight is 436 g/mol. The number of fused-ring (bicyclic) bond motifs is 1. The Morgan fingerprint density at radius 3 is 2.27 bits per heavy atom. The predicted molar refractivity (Wildman–Crippen MR) is 122 cm³/mol. The molecule has 0 fully saturated rings. The second-order valence-corrected chi connectivity index (χ2v) is 7.75. The summed E-state index contributed by atoms with van der Waals surface area (Å²) in [6.07, 6.45) is 3.57. The molecule has 1 aliphatic heterocycles. The zero-order valence-corrected chi connectivity index (χ0v) is 17.6. The van der Waals surface area contributed by atoms with E-state index in [1.54, 1.807) is 59.4 Å². The number of benzene rings is 3. The van der Waals surface area contributed by atoms with Crippen molar-refractivity contribution in [2.75, 3.05) is 0 Å². The molecule has 4 aromatic rings. The van der Waals surface area contributed by atoms with Crippen molar-refractivity contribution in [3.63, 3.8) is 0 Å². The lowest BCUT2D eigenvalue weighted by molar-refractivity contribution is 0.0642. The van der Waals surface area contributed by atoms with E-state index < -0.39 is 0 Å². The van der Waals surface area contributed by atoms with Gasteiger partial charge in [-0.3, -0.25) is 19.3 Å². The highest BCUT2D eigenvalue weighted by Crippen LogP contribution is 2.24. The largest absolute Gasteiger partial charge is 0.348 e. The number of nitrogens with one attached hydrogen (secondary N) is 1. The molecular weight excluding hydrogens is 416 g/mol. The quantitative estimate of drug-likeness (QED) is 0.468. The molecule has 0 bridgehead atoms. The van der Waals surface area contributed by atoms with Gasteiger partial charge in [-0.1, -0.05) is 36.4 Å². The van der Waals surface area contributed by atoms with E-state index in [0.717, 1.165) is 11.3 Å². The van der Waals surface area contributed by atoms with E-state index in [-0.39, 0.29) is 24.3 Å². The van der Waals surface area contributed by atoms with Crippen LogP contribution >= 0.6 is 0 Å². The van der Waals surface area contributed by atoms with E-state index in [2.05, 4.69) is 10.4 Å². The molecule has 7 nitrogen and oxygen atoms in total. The molecule has 0 aliphatic carbocycles. The summed E-state index contributed by atoms with van der Waals surface area (Å²) in [6, 6.07) is 23.4. The highest BCUT2D eigenvalue weighted by Gasteiger charge is 2.34. The van der Waals surface area contributed by atoms with Crippen LogP contribution in [0.25, 0.3) is 5.69 Å². The minimum absolute atomic E-state index is 0.110. The van der Waals surface area contributed by atoms with Gasteiger partial charge in [-0.15, -0.1) is 0 Å². The van der Waals surface area contributed by atoms with Gasteiger partial charge in [0.15, 0.2) is 0 Å². The zero-order chi connectivity index (χ0) is 22.8. The number of amides is 3. The van der Waals surface area contributed by atoms with E-state index >= 15 is 0 Å². The Kier molecular flexibility index (Phi) is 5.28. The Morgan fingerprint density at radius 1 is 0.818 bits per heavy atom. The number of aromatic nitrogens is 2. The third-order valence-corrected chi connectivity index (χ3v) is 5.54. The van der Waals surface area contributed by atoms with Crippen molar-refractivity contribution in [2.45, 2.75) is 13.1 Å². The monoisotopic (exact) mass is 436 g/mol. The molecule has 33 heavy (non-hydrogen) atoms. The highest BCUT2D eigenvalue weighted by molar-refractivity contribution is 6.21. The van der Waals surface area contributed by atoms with Gasteiger partial charge < -0.3 is 5.32 Å². The second-order valence-electron chi connectivity index (χ2n) is 7.75. The van der Waals surface area contributed by atoms with Crippen molar-refractivity contribution in [3.8, 4) is 5.69 Å². The minimum Gasteiger partial charge on any atom is -0.348 e. The summed E-state index contributed by atoms with van der Waals surface area (Å²) in [7, 11) is 0. The third kappa shape index (κ3) is 4.04. The minimum atomic E-state index is -0.317. The molecule has 5 rings (SSSR count). The molecule has 1 N–H and O–H groups in total. The van der Waals surface area contributed by atoms with Gasteiger partial charge in [0.05, 0.1) is 23.4 Å². The van der Waals surface area contributed by atoms with E-state index in [4.69, 9.17) is 0 Å². The Balaban J connectivity index is 1.26. The topological polar surface area (TPSA) is 84.3 Å². The first kappa shape index (κ1) is 20.4. The summed E-state index contributed by atoms with van der Waals surface area (Å²) in [5, 5.41) is 7.15. The molecule has 1 aromatic heterocycles. The Bertz CT molecular complexity index is 1330. The lowest BCUT2D eigenvalue weighted by Crippen LogP contribution is -2.29. The van der Waals surface area contributed by atoms with E-state index in [1.807, 2.05) is 36.5 Å². The molecule has 7 heteroatoms. The zero-order valence-electron chi connectivity index (χ0n) is 17.6. The van der Waals surface area contributed by atoms with Gasteiger partial charge in [0.1, 0.15) is 0 Å². The molecule has 0 atom stereocenters. The average Bonchev–Trinajstić information content (AvgIpc) is 3.47. The van der Waals surface area contributed by atoms with Gasteiger partial charge in [-0.25, -0.2) is 4.68 Å². The molecule has 2 heterocycles. The summed E-state index contributed by atoms with van der Waals surface area (Å²) < 4.78 is 1.76. The van der Waals surface area contributed by atoms with Crippen molar-refractivity contribution >= 4 is 17.7 Å². The molecule has 0 saturated heterocycles. The number of carbonyl (C=O) groups excluding carboxylic acids is 3. The van der Waals surface area contributed by atoms with Crippen LogP contribution in [-0.4, -0.2) is 32.4 Å². The van der Waals surface area contributed by atoms with Crippen LogP contribution in [0, 0.1) is 0 Å². The molecule has 0 unspecified atom stereocenters. The molecule has 1 aliphatic rings. The highest BCUT2D eigenvalue weighted by atomic mass is 16.2. The van der Waals surface area contributed by atoms with E-state index in [1.165, 1.54) is 4.90 Å². The van der Waals surface area contributed by atoms with Crippen LogP contribution in [0.5, 0.6) is 0 Å². The van der Waals surface area contributed by atoms with Gasteiger partial charge in [0, 0.05) is 24.5 Å². The van der Waals surface area contributed by atoms with Crippen LogP contribution in [-0.2, 0) is 13.1 Å². The molecule has 0 spiro atoms. The van der Waals surface area contributed by atoms with Crippen LogP contribution in [0.2, 0.25) is 0 Å². The number of imide groups is 1. The standard InChI is InChI=1S/C26H20N4O3/c31-24(27-16-18-6-4-9-21(15-18)30-13-5-12-28-30)20-8-3-7-19(14-20)17-29-25(32)22-10-1-2-11-23(22)26(29)33/h1-15H,16-17H2,(H,27,31). The normalized spacial score (nSPS) is 12.7. The van der Waals surface area contributed by atoms with Gasteiger partial charge in [-0.05, 0) is 53.6 Å². The van der Waals surface area contributed by atoms with Gasteiger partial charge >= 0.3 is 0 Å². The molecule has 3 aromatic carbocycles. The van der Waals surface area contributed by atoms with Crippen LogP contribution in [0.3, 0.4) is 0 Å². The lowest BCUT2D eigenvalue weighted by Gasteiger charge is -2.14. The van der Waals surface area contributed by atoms with Crippen LogP contribution in [0.4, 0.5) is 0 Å². The van der Waals surface area contributed by atoms with Gasteiger partial charge in [-0.2, -0.15) is 5.10 Å². The van der Waals surface area contributed by atoms with Crippen LogP contribution in [0.15, 0.2) is 91.3 Å². The number of nitrogens with zero attached hydrogens (tertiary/aromatic N) is 3. The Morgan fingerprint density at radius 2 is 1.55 bits per heavy atom. The fourth-order valence-corrected chi connectivity index (χ4v) is 3.89. The maximum Gasteiger partial charge on any atom is 0.261 e. The van der Waals surface area contributed by atoms with Crippen LogP contribution in [0.1, 0.15) is 42.2 Å². The smallest absolute Gasteiger partial charge is 0.261 e. The molecular formula is C26H20N4O3. The molecule has 0 saturated carbocycles. The molecule has 162 valence electrons. The number of rotatable bonds is 6. The fourth-order valence-electron chi connectivity index (χ4n) is 3.89. The van der Waals surface area contributed by atoms with E-state index in [9.17, 15) is 14.4 Å². The summed E-state index contributed by atoms with van der Waals surface area (Å²) in [5.74, 6) is -0.867. The molecule has 0 radical (unpaired) electrons. The van der Waals surface area contributed by atoms with Gasteiger partial charge in [0.2, 0.25) is 0 Å². The maximum absolute atomic E-state index is 12.8. The summed E-state index contributed by atoms with van der Waals surface area (Å²) >= 11 is 0. The third-order valence-electron chi connectivity index (χ3n) is 5.54. The van der Waals surface area contributed by atoms with Crippen molar-refractivity contribution in [2.24, 2.45) is 0 Å². The summed E-state index contributed by atoms with van der Waals surface area (Å²) in [5.41, 5.74) is 3.85. The maximum atomic E-state index is 12.8. The lowest BCUT2D eigenvalue weighted by atomic mass is 10.1. The predicted octanol–water partition coefficient (Wildman–Crippen LogP) is 3.60.